The monoisotopic (exact) mass is 207 g/mol. The number of hydrogen-bond acceptors (Lipinski definition) is 2. The number of ether oxygens (including phenoxy) is 1. The lowest BCUT2D eigenvalue weighted by Gasteiger charge is -2.42. The fourth-order valence-electron chi connectivity index (χ4n) is 1.52. The van der Waals surface area contributed by atoms with Gasteiger partial charge < -0.3 is 4.74 Å². The molecule has 1 aliphatic heterocycles. The first kappa shape index (κ1) is 13.2. The summed E-state index contributed by atoms with van der Waals surface area (Å²) in [5, 5.41) is 3.46. The van der Waals surface area contributed by atoms with Crippen molar-refractivity contribution in [3.05, 3.63) is 0 Å². The van der Waals surface area contributed by atoms with Crippen molar-refractivity contribution in [2.24, 2.45) is 5.41 Å². The Labute approximate surface area is 87.8 Å². The van der Waals surface area contributed by atoms with Crippen LogP contribution in [0.15, 0.2) is 0 Å². The van der Waals surface area contributed by atoms with Crippen LogP contribution in [0.4, 0.5) is 0 Å². The normalized spacial score (nSPS) is 32.3. The van der Waals surface area contributed by atoms with Crippen molar-refractivity contribution in [3.63, 3.8) is 0 Å². The highest BCUT2D eigenvalue weighted by atomic mass is 35.5. The van der Waals surface area contributed by atoms with Gasteiger partial charge in [-0.15, -0.1) is 12.4 Å². The zero-order chi connectivity index (χ0) is 9.24. The second-order valence-corrected chi connectivity index (χ2v) is 4.79. The summed E-state index contributed by atoms with van der Waals surface area (Å²) in [5.41, 5.74) is 0.234. The average Bonchev–Trinajstić information content (AvgIpc) is 1.98. The number of halogens is 1. The Hall–Kier alpha value is 0.210. The molecule has 1 fully saturated rings. The summed E-state index contributed by atoms with van der Waals surface area (Å²) in [4.78, 5) is 0. The summed E-state index contributed by atoms with van der Waals surface area (Å²) in [6, 6.07) is 0. The first-order chi connectivity index (χ1) is 5.47. The predicted octanol–water partition coefficient (Wildman–Crippen LogP) is 2.57. The van der Waals surface area contributed by atoms with E-state index in [0.29, 0.717) is 5.41 Å². The van der Waals surface area contributed by atoms with Gasteiger partial charge in [0.1, 0.15) is 5.72 Å². The van der Waals surface area contributed by atoms with Crippen LogP contribution < -0.4 is 5.32 Å². The second kappa shape index (κ2) is 4.63. The summed E-state index contributed by atoms with van der Waals surface area (Å²) in [6.07, 6.45) is 2.27. The highest BCUT2D eigenvalue weighted by molar-refractivity contribution is 5.85. The molecule has 1 aliphatic rings. The molecule has 3 heteroatoms. The van der Waals surface area contributed by atoms with Gasteiger partial charge in [-0.3, -0.25) is 5.32 Å². The van der Waals surface area contributed by atoms with Crippen LogP contribution in [0.1, 0.15) is 40.5 Å². The Morgan fingerprint density at radius 1 is 1.31 bits per heavy atom. The van der Waals surface area contributed by atoms with Crippen molar-refractivity contribution in [2.75, 3.05) is 13.2 Å². The smallest absolute Gasteiger partial charge is 0.116 e. The molecule has 1 unspecified atom stereocenters. The van der Waals surface area contributed by atoms with Gasteiger partial charge in [-0.1, -0.05) is 27.2 Å². The van der Waals surface area contributed by atoms with Crippen molar-refractivity contribution < 1.29 is 4.74 Å². The van der Waals surface area contributed by atoms with Crippen LogP contribution in [0.5, 0.6) is 0 Å². The lowest BCUT2D eigenvalue weighted by molar-refractivity contribution is -0.130. The van der Waals surface area contributed by atoms with Crippen LogP contribution >= 0.6 is 12.4 Å². The zero-order valence-electron chi connectivity index (χ0n) is 9.14. The third kappa shape index (κ3) is 3.84. The van der Waals surface area contributed by atoms with Gasteiger partial charge in [0.05, 0.1) is 6.61 Å². The molecule has 80 valence electrons. The van der Waals surface area contributed by atoms with Gasteiger partial charge in [0, 0.05) is 12.0 Å². The molecule has 2 nitrogen and oxygen atoms in total. The summed E-state index contributed by atoms with van der Waals surface area (Å²) in [6.45, 7) is 10.7. The molecule has 1 N–H and O–H groups in total. The summed E-state index contributed by atoms with van der Waals surface area (Å²) in [7, 11) is 0. The molecule has 0 aromatic rings. The Morgan fingerprint density at radius 3 is 2.31 bits per heavy atom. The van der Waals surface area contributed by atoms with Gasteiger partial charge in [0.2, 0.25) is 0 Å². The van der Waals surface area contributed by atoms with Crippen molar-refractivity contribution in [3.8, 4) is 0 Å². The summed E-state index contributed by atoms with van der Waals surface area (Å²) in [5.74, 6) is 0. The summed E-state index contributed by atoms with van der Waals surface area (Å²) < 4.78 is 5.81. The van der Waals surface area contributed by atoms with E-state index in [1.165, 1.54) is 6.42 Å². The second-order valence-electron chi connectivity index (χ2n) is 4.79. The van der Waals surface area contributed by atoms with Crippen molar-refractivity contribution >= 4 is 12.4 Å². The number of rotatable bonds is 2. The fraction of sp³-hybridized carbons (Fsp3) is 1.00. The molecule has 1 rings (SSSR count). The highest BCUT2D eigenvalue weighted by Gasteiger charge is 2.34. The van der Waals surface area contributed by atoms with E-state index in [0.717, 1.165) is 19.6 Å². The van der Waals surface area contributed by atoms with E-state index in [4.69, 9.17) is 4.74 Å². The molecule has 0 saturated carbocycles. The highest BCUT2D eigenvalue weighted by Crippen LogP contribution is 2.26. The van der Waals surface area contributed by atoms with E-state index in [9.17, 15) is 0 Å². The minimum atomic E-state index is -0.0652. The Morgan fingerprint density at radius 2 is 1.92 bits per heavy atom. The van der Waals surface area contributed by atoms with Gasteiger partial charge in [-0.25, -0.2) is 0 Å². The molecule has 0 bridgehead atoms. The number of nitrogens with one attached hydrogen (secondary N) is 1. The zero-order valence-corrected chi connectivity index (χ0v) is 9.96. The standard InChI is InChI=1S/C10H21NO.ClH/c1-5-6-10(4)11-7-9(2,3)8-12-10;/h11H,5-8H2,1-4H3;1H. The molecule has 0 aliphatic carbocycles. The molecule has 0 spiro atoms. The lowest BCUT2D eigenvalue weighted by Crippen LogP contribution is -2.55. The molecule has 1 heterocycles. The van der Waals surface area contributed by atoms with E-state index in [1.807, 2.05) is 0 Å². The van der Waals surface area contributed by atoms with E-state index >= 15 is 0 Å². The van der Waals surface area contributed by atoms with Crippen LogP contribution in [0.3, 0.4) is 0 Å². The van der Waals surface area contributed by atoms with Crippen LogP contribution in [-0.4, -0.2) is 18.9 Å². The minimum absolute atomic E-state index is 0. The molecule has 0 aromatic carbocycles. The molecule has 0 amide bonds. The number of hydrogen-bond donors (Lipinski definition) is 1. The van der Waals surface area contributed by atoms with Gasteiger partial charge in [0.25, 0.3) is 0 Å². The Kier molecular flexibility index (Phi) is 4.70. The fourth-order valence-corrected chi connectivity index (χ4v) is 1.52. The van der Waals surface area contributed by atoms with E-state index in [1.54, 1.807) is 0 Å². The van der Waals surface area contributed by atoms with Crippen LogP contribution in [-0.2, 0) is 4.74 Å². The van der Waals surface area contributed by atoms with Crippen molar-refractivity contribution in [2.45, 2.75) is 46.3 Å². The Balaban J connectivity index is 0.00000144. The molecule has 1 atom stereocenters. The average molecular weight is 208 g/mol. The predicted molar refractivity (Wildman–Crippen MR) is 58.3 cm³/mol. The van der Waals surface area contributed by atoms with Crippen LogP contribution in [0, 0.1) is 5.41 Å². The first-order valence-electron chi connectivity index (χ1n) is 4.86. The van der Waals surface area contributed by atoms with Gasteiger partial charge in [0.15, 0.2) is 0 Å². The van der Waals surface area contributed by atoms with Gasteiger partial charge in [-0.05, 0) is 13.3 Å². The molecule has 0 aromatic heterocycles. The van der Waals surface area contributed by atoms with E-state index in [2.05, 4.69) is 33.0 Å². The van der Waals surface area contributed by atoms with Gasteiger partial charge in [-0.2, -0.15) is 0 Å². The third-order valence-electron chi connectivity index (χ3n) is 2.45. The van der Waals surface area contributed by atoms with Crippen molar-refractivity contribution in [1.82, 2.24) is 5.32 Å². The quantitative estimate of drug-likeness (QED) is 0.752. The molecule has 0 radical (unpaired) electrons. The van der Waals surface area contributed by atoms with Crippen LogP contribution in [0.25, 0.3) is 0 Å². The van der Waals surface area contributed by atoms with Crippen LogP contribution in [0.2, 0.25) is 0 Å². The first-order valence-corrected chi connectivity index (χ1v) is 4.86. The topological polar surface area (TPSA) is 21.3 Å². The Bertz CT molecular complexity index is 149. The van der Waals surface area contributed by atoms with E-state index in [-0.39, 0.29) is 18.1 Å². The lowest BCUT2D eigenvalue weighted by atomic mass is 9.91. The van der Waals surface area contributed by atoms with Gasteiger partial charge >= 0.3 is 0 Å². The van der Waals surface area contributed by atoms with Crippen molar-refractivity contribution in [1.29, 1.82) is 0 Å². The molecular weight excluding hydrogens is 186 g/mol. The maximum absolute atomic E-state index is 5.81. The molecule has 1 saturated heterocycles. The molecule has 13 heavy (non-hydrogen) atoms. The SMILES string of the molecule is CCCC1(C)NCC(C)(C)CO1.Cl. The maximum Gasteiger partial charge on any atom is 0.116 e. The minimum Gasteiger partial charge on any atom is -0.360 e. The summed E-state index contributed by atoms with van der Waals surface area (Å²) >= 11 is 0. The van der Waals surface area contributed by atoms with E-state index < -0.39 is 0 Å². The largest absolute Gasteiger partial charge is 0.360 e. The molecular formula is C10H22ClNO. The third-order valence-corrected chi connectivity index (χ3v) is 2.45. The maximum atomic E-state index is 5.81.